The minimum atomic E-state index is -0.500. The summed E-state index contributed by atoms with van der Waals surface area (Å²) in [5, 5.41) is 0.536. The lowest BCUT2D eigenvalue weighted by Crippen LogP contribution is -2.47. The maximum absolute atomic E-state index is 12.4. The molecule has 0 radical (unpaired) electrons. The molecule has 1 aromatic carbocycles. The number of para-hydroxylation sites is 1. The molecule has 1 saturated heterocycles. The van der Waals surface area contributed by atoms with E-state index in [1.807, 2.05) is 17.0 Å². The van der Waals surface area contributed by atoms with Gasteiger partial charge in [0.15, 0.2) is 6.10 Å². The SMILES string of the molecule is CC(Oc1ccccc1Cl)C(=O)N1CCCCC1C. The fraction of sp³-hybridized carbons (Fsp3) is 0.533. The van der Waals surface area contributed by atoms with Gasteiger partial charge in [-0.2, -0.15) is 0 Å². The molecule has 1 heterocycles. The van der Waals surface area contributed by atoms with Crippen molar-refractivity contribution in [2.75, 3.05) is 6.54 Å². The van der Waals surface area contributed by atoms with Gasteiger partial charge in [-0.25, -0.2) is 0 Å². The molecule has 1 amide bonds. The summed E-state index contributed by atoms with van der Waals surface area (Å²) in [4.78, 5) is 14.3. The minimum absolute atomic E-state index is 0.0483. The van der Waals surface area contributed by atoms with Gasteiger partial charge in [0.25, 0.3) is 5.91 Å². The Labute approximate surface area is 119 Å². The number of ether oxygens (including phenoxy) is 1. The van der Waals surface area contributed by atoms with Crippen molar-refractivity contribution in [2.45, 2.75) is 45.3 Å². The molecule has 0 saturated carbocycles. The summed E-state index contributed by atoms with van der Waals surface area (Å²) in [5.74, 6) is 0.613. The van der Waals surface area contributed by atoms with Gasteiger partial charge in [-0.05, 0) is 45.2 Å². The highest BCUT2D eigenvalue weighted by Crippen LogP contribution is 2.25. The predicted octanol–water partition coefficient (Wildman–Crippen LogP) is 3.51. The van der Waals surface area contributed by atoms with Crippen molar-refractivity contribution in [3.63, 3.8) is 0 Å². The second-order valence-corrected chi connectivity index (χ2v) is 5.47. The summed E-state index contributed by atoms with van der Waals surface area (Å²) >= 11 is 6.04. The van der Waals surface area contributed by atoms with Gasteiger partial charge in [0.1, 0.15) is 5.75 Å². The molecule has 0 aliphatic carbocycles. The quantitative estimate of drug-likeness (QED) is 0.848. The van der Waals surface area contributed by atoms with Crippen molar-refractivity contribution in [2.24, 2.45) is 0 Å². The van der Waals surface area contributed by atoms with E-state index in [1.54, 1.807) is 19.1 Å². The molecule has 4 heteroatoms. The second-order valence-electron chi connectivity index (χ2n) is 5.07. The van der Waals surface area contributed by atoms with Gasteiger partial charge in [-0.15, -0.1) is 0 Å². The molecule has 19 heavy (non-hydrogen) atoms. The summed E-state index contributed by atoms with van der Waals surface area (Å²) in [6.45, 7) is 4.71. The molecular formula is C15H20ClNO2. The number of carbonyl (C=O) groups is 1. The number of piperidine rings is 1. The van der Waals surface area contributed by atoms with E-state index >= 15 is 0 Å². The topological polar surface area (TPSA) is 29.5 Å². The monoisotopic (exact) mass is 281 g/mol. The summed E-state index contributed by atoms with van der Waals surface area (Å²) < 4.78 is 5.69. The van der Waals surface area contributed by atoms with Crippen LogP contribution in [0.25, 0.3) is 0 Å². The van der Waals surface area contributed by atoms with E-state index in [2.05, 4.69) is 6.92 Å². The van der Waals surface area contributed by atoms with Crippen LogP contribution >= 0.6 is 11.6 Å². The summed E-state index contributed by atoms with van der Waals surface area (Å²) in [6, 6.07) is 7.54. The Morgan fingerprint density at radius 2 is 2.16 bits per heavy atom. The van der Waals surface area contributed by atoms with Crippen molar-refractivity contribution in [3.05, 3.63) is 29.3 Å². The average molecular weight is 282 g/mol. The number of amides is 1. The smallest absolute Gasteiger partial charge is 0.263 e. The van der Waals surface area contributed by atoms with E-state index in [0.717, 1.165) is 19.4 Å². The molecule has 1 aromatic rings. The van der Waals surface area contributed by atoms with E-state index in [4.69, 9.17) is 16.3 Å². The van der Waals surface area contributed by atoms with E-state index in [0.29, 0.717) is 16.8 Å². The minimum Gasteiger partial charge on any atom is -0.479 e. The zero-order chi connectivity index (χ0) is 13.8. The summed E-state index contributed by atoms with van der Waals surface area (Å²) in [5.41, 5.74) is 0. The number of hydrogen-bond acceptors (Lipinski definition) is 2. The van der Waals surface area contributed by atoms with Gasteiger partial charge in [0.2, 0.25) is 0 Å². The van der Waals surface area contributed by atoms with Gasteiger partial charge in [-0.1, -0.05) is 23.7 Å². The normalized spacial score (nSPS) is 21.0. The Balaban J connectivity index is 2.01. The lowest BCUT2D eigenvalue weighted by molar-refractivity contribution is -0.141. The van der Waals surface area contributed by atoms with Gasteiger partial charge in [0.05, 0.1) is 5.02 Å². The van der Waals surface area contributed by atoms with Gasteiger partial charge in [-0.3, -0.25) is 4.79 Å². The molecule has 1 aliphatic rings. The fourth-order valence-corrected chi connectivity index (χ4v) is 2.62. The number of nitrogens with zero attached hydrogens (tertiary/aromatic N) is 1. The zero-order valence-electron chi connectivity index (χ0n) is 11.4. The predicted molar refractivity (Wildman–Crippen MR) is 76.6 cm³/mol. The molecular weight excluding hydrogens is 262 g/mol. The lowest BCUT2D eigenvalue weighted by atomic mass is 10.0. The highest BCUT2D eigenvalue weighted by atomic mass is 35.5. The Bertz CT molecular complexity index is 450. The molecule has 1 fully saturated rings. The van der Waals surface area contributed by atoms with E-state index < -0.39 is 6.10 Å². The van der Waals surface area contributed by atoms with Crippen molar-refractivity contribution in [1.82, 2.24) is 4.90 Å². The molecule has 0 aromatic heterocycles. The Kier molecular flexibility index (Phi) is 4.70. The number of likely N-dealkylation sites (tertiary alicyclic amines) is 1. The number of halogens is 1. The first kappa shape index (κ1) is 14.2. The van der Waals surface area contributed by atoms with Crippen LogP contribution in [0.4, 0.5) is 0 Å². The maximum Gasteiger partial charge on any atom is 0.263 e. The van der Waals surface area contributed by atoms with Crippen LogP contribution in [0.15, 0.2) is 24.3 Å². The third kappa shape index (κ3) is 3.41. The Morgan fingerprint density at radius 3 is 2.84 bits per heavy atom. The number of hydrogen-bond donors (Lipinski definition) is 0. The lowest BCUT2D eigenvalue weighted by Gasteiger charge is -2.35. The van der Waals surface area contributed by atoms with Crippen LogP contribution in [-0.4, -0.2) is 29.5 Å². The first-order chi connectivity index (χ1) is 9.09. The molecule has 2 atom stereocenters. The fourth-order valence-electron chi connectivity index (χ4n) is 2.44. The summed E-state index contributed by atoms with van der Waals surface area (Å²) in [6.07, 6.45) is 2.85. The van der Waals surface area contributed by atoms with Crippen molar-refractivity contribution < 1.29 is 9.53 Å². The Morgan fingerprint density at radius 1 is 1.42 bits per heavy atom. The molecule has 0 bridgehead atoms. The van der Waals surface area contributed by atoms with Crippen LogP contribution in [0.5, 0.6) is 5.75 Å². The molecule has 104 valence electrons. The highest BCUT2D eigenvalue weighted by Gasteiger charge is 2.28. The Hall–Kier alpha value is -1.22. The third-order valence-electron chi connectivity index (χ3n) is 3.57. The van der Waals surface area contributed by atoms with E-state index in [1.165, 1.54) is 6.42 Å². The first-order valence-electron chi connectivity index (χ1n) is 6.81. The molecule has 2 unspecified atom stereocenters. The van der Waals surface area contributed by atoms with Crippen molar-refractivity contribution in [3.8, 4) is 5.75 Å². The van der Waals surface area contributed by atoms with Crippen LogP contribution in [0, 0.1) is 0 Å². The van der Waals surface area contributed by atoms with Gasteiger partial charge < -0.3 is 9.64 Å². The number of rotatable bonds is 3. The molecule has 1 aliphatic heterocycles. The van der Waals surface area contributed by atoms with Crippen molar-refractivity contribution >= 4 is 17.5 Å². The maximum atomic E-state index is 12.4. The summed E-state index contributed by atoms with van der Waals surface area (Å²) in [7, 11) is 0. The standard InChI is InChI=1S/C15H20ClNO2/c1-11-7-5-6-10-17(11)15(18)12(2)19-14-9-4-3-8-13(14)16/h3-4,8-9,11-12H,5-7,10H2,1-2H3. The molecule has 0 N–H and O–H groups in total. The average Bonchev–Trinajstić information content (AvgIpc) is 2.41. The van der Waals surface area contributed by atoms with Crippen LogP contribution in [0.1, 0.15) is 33.1 Å². The first-order valence-corrected chi connectivity index (χ1v) is 7.19. The highest BCUT2D eigenvalue weighted by molar-refractivity contribution is 6.32. The van der Waals surface area contributed by atoms with E-state index in [-0.39, 0.29) is 5.91 Å². The van der Waals surface area contributed by atoms with E-state index in [9.17, 15) is 4.79 Å². The third-order valence-corrected chi connectivity index (χ3v) is 3.89. The van der Waals surface area contributed by atoms with Crippen LogP contribution in [0.3, 0.4) is 0 Å². The molecule has 2 rings (SSSR count). The number of carbonyl (C=O) groups excluding carboxylic acids is 1. The largest absolute Gasteiger partial charge is 0.479 e. The van der Waals surface area contributed by atoms with Crippen LogP contribution in [-0.2, 0) is 4.79 Å². The van der Waals surface area contributed by atoms with Gasteiger partial charge >= 0.3 is 0 Å². The molecule has 0 spiro atoms. The number of benzene rings is 1. The molecule has 3 nitrogen and oxygen atoms in total. The van der Waals surface area contributed by atoms with Crippen LogP contribution < -0.4 is 4.74 Å². The zero-order valence-corrected chi connectivity index (χ0v) is 12.2. The van der Waals surface area contributed by atoms with Crippen LogP contribution in [0.2, 0.25) is 5.02 Å². The van der Waals surface area contributed by atoms with Crippen molar-refractivity contribution in [1.29, 1.82) is 0 Å². The second kappa shape index (κ2) is 6.29. The van der Waals surface area contributed by atoms with Gasteiger partial charge in [0, 0.05) is 12.6 Å².